The van der Waals surface area contributed by atoms with Gasteiger partial charge in [-0.05, 0) is 5.56 Å². The van der Waals surface area contributed by atoms with Crippen molar-refractivity contribution in [2.24, 2.45) is 0 Å². The first-order valence-electron chi connectivity index (χ1n) is 5.44. The van der Waals surface area contributed by atoms with Crippen LogP contribution in [0, 0.1) is 11.3 Å². The van der Waals surface area contributed by atoms with Gasteiger partial charge in [-0.3, -0.25) is 0 Å². The van der Waals surface area contributed by atoms with Gasteiger partial charge in [-0.25, -0.2) is 4.68 Å². The Balaban J connectivity index is 2.32. The fourth-order valence-electron chi connectivity index (χ4n) is 1.70. The van der Waals surface area contributed by atoms with Gasteiger partial charge in [-0.15, -0.1) is 0 Å². The second-order valence-corrected chi connectivity index (χ2v) is 4.16. The standard InChI is InChI=1S/C13H12ClN3O/c1-18-9-12-11(7-15)13(14)17(16-12)8-10-5-3-2-4-6-10/h2-6H,8-9H2,1H3. The molecule has 2 aromatic rings. The third-order valence-electron chi connectivity index (χ3n) is 2.53. The van der Waals surface area contributed by atoms with Gasteiger partial charge in [-0.1, -0.05) is 41.9 Å². The van der Waals surface area contributed by atoms with Crippen LogP contribution in [-0.2, 0) is 17.9 Å². The minimum atomic E-state index is 0.282. The zero-order valence-corrected chi connectivity index (χ0v) is 10.7. The van der Waals surface area contributed by atoms with Crippen LogP contribution in [0.5, 0.6) is 0 Å². The number of hydrogen-bond acceptors (Lipinski definition) is 3. The molecule has 0 N–H and O–H groups in total. The molecule has 0 atom stereocenters. The van der Waals surface area contributed by atoms with E-state index in [-0.39, 0.29) is 6.61 Å². The van der Waals surface area contributed by atoms with E-state index in [2.05, 4.69) is 11.2 Å². The quantitative estimate of drug-likeness (QED) is 0.850. The van der Waals surface area contributed by atoms with Gasteiger partial charge >= 0.3 is 0 Å². The molecule has 0 amide bonds. The Labute approximate surface area is 110 Å². The Morgan fingerprint density at radius 3 is 2.72 bits per heavy atom. The molecule has 18 heavy (non-hydrogen) atoms. The lowest BCUT2D eigenvalue weighted by Gasteiger charge is -2.02. The molecule has 5 heteroatoms. The van der Waals surface area contributed by atoms with Gasteiger partial charge in [0.25, 0.3) is 0 Å². The molecule has 0 saturated heterocycles. The molecule has 0 radical (unpaired) electrons. The number of nitriles is 1. The maximum absolute atomic E-state index is 9.06. The first-order chi connectivity index (χ1) is 8.76. The van der Waals surface area contributed by atoms with Gasteiger partial charge in [-0.2, -0.15) is 10.4 Å². The average molecular weight is 262 g/mol. The second kappa shape index (κ2) is 5.67. The summed E-state index contributed by atoms with van der Waals surface area (Å²) in [6, 6.07) is 11.9. The fraction of sp³-hybridized carbons (Fsp3) is 0.231. The van der Waals surface area contributed by atoms with E-state index < -0.39 is 0 Å². The second-order valence-electron chi connectivity index (χ2n) is 3.80. The van der Waals surface area contributed by atoms with E-state index in [1.54, 1.807) is 11.8 Å². The minimum Gasteiger partial charge on any atom is -0.378 e. The summed E-state index contributed by atoms with van der Waals surface area (Å²) in [6.07, 6.45) is 0. The fourth-order valence-corrected chi connectivity index (χ4v) is 1.95. The van der Waals surface area contributed by atoms with Gasteiger partial charge < -0.3 is 4.74 Å². The van der Waals surface area contributed by atoms with Crippen molar-refractivity contribution < 1.29 is 4.74 Å². The van der Waals surface area contributed by atoms with Gasteiger partial charge in [0.1, 0.15) is 22.5 Å². The van der Waals surface area contributed by atoms with E-state index in [0.717, 1.165) is 5.56 Å². The molecule has 0 aliphatic heterocycles. The topological polar surface area (TPSA) is 50.8 Å². The molecule has 0 unspecified atom stereocenters. The average Bonchev–Trinajstić information content (AvgIpc) is 2.67. The molecule has 92 valence electrons. The van der Waals surface area contributed by atoms with Crippen LogP contribution in [0.3, 0.4) is 0 Å². The number of benzene rings is 1. The summed E-state index contributed by atoms with van der Waals surface area (Å²) in [5, 5.41) is 13.7. The van der Waals surface area contributed by atoms with E-state index in [0.29, 0.717) is 23.0 Å². The van der Waals surface area contributed by atoms with Crippen LogP contribution in [0.25, 0.3) is 0 Å². The van der Waals surface area contributed by atoms with Crippen molar-refractivity contribution in [3.8, 4) is 6.07 Å². The van der Waals surface area contributed by atoms with Crippen molar-refractivity contribution in [1.29, 1.82) is 5.26 Å². The monoisotopic (exact) mass is 261 g/mol. The van der Waals surface area contributed by atoms with Crippen LogP contribution >= 0.6 is 11.6 Å². The van der Waals surface area contributed by atoms with Crippen molar-refractivity contribution in [2.45, 2.75) is 13.2 Å². The number of halogens is 1. The maximum atomic E-state index is 9.06. The summed E-state index contributed by atoms with van der Waals surface area (Å²) < 4.78 is 6.62. The zero-order valence-electron chi connectivity index (χ0n) is 9.93. The normalized spacial score (nSPS) is 10.3. The van der Waals surface area contributed by atoms with Crippen LogP contribution in [0.1, 0.15) is 16.8 Å². The highest BCUT2D eigenvalue weighted by molar-refractivity contribution is 6.30. The molecule has 0 aliphatic rings. The number of nitrogens with zero attached hydrogens (tertiary/aromatic N) is 3. The predicted molar refractivity (Wildman–Crippen MR) is 68.2 cm³/mol. The number of methoxy groups -OCH3 is 1. The van der Waals surface area contributed by atoms with Crippen LogP contribution in [0.2, 0.25) is 5.15 Å². The van der Waals surface area contributed by atoms with E-state index >= 15 is 0 Å². The Bertz CT molecular complexity index is 572. The van der Waals surface area contributed by atoms with Gasteiger partial charge in [0.05, 0.1) is 13.2 Å². The Morgan fingerprint density at radius 2 is 2.11 bits per heavy atom. The molecule has 0 saturated carbocycles. The minimum absolute atomic E-state index is 0.282. The van der Waals surface area contributed by atoms with Crippen LogP contribution in [0.4, 0.5) is 0 Å². The van der Waals surface area contributed by atoms with Crippen molar-refractivity contribution in [3.63, 3.8) is 0 Å². The lowest BCUT2D eigenvalue weighted by atomic mass is 10.2. The molecular weight excluding hydrogens is 250 g/mol. The number of rotatable bonds is 4. The van der Waals surface area contributed by atoms with E-state index in [1.807, 2.05) is 30.3 Å². The van der Waals surface area contributed by atoms with Crippen molar-refractivity contribution in [3.05, 3.63) is 52.3 Å². The SMILES string of the molecule is COCc1nn(Cc2ccccc2)c(Cl)c1C#N. The predicted octanol–water partition coefficient (Wildman–Crippen LogP) is 2.60. The summed E-state index contributed by atoms with van der Waals surface area (Å²) in [7, 11) is 1.56. The van der Waals surface area contributed by atoms with Gasteiger partial charge in [0.2, 0.25) is 0 Å². The molecule has 1 aromatic carbocycles. The van der Waals surface area contributed by atoms with Crippen molar-refractivity contribution >= 4 is 11.6 Å². The van der Waals surface area contributed by atoms with Crippen LogP contribution < -0.4 is 0 Å². The molecule has 1 aromatic heterocycles. The lowest BCUT2D eigenvalue weighted by Crippen LogP contribution is -2.02. The molecule has 4 nitrogen and oxygen atoms in total. The molecular formula is C13H12ClN3O. The largest absolute Gasteiger partial charge is 0.378 e. The summed E-state index contributed by atoms with van der Waals surface area (Å²) in [6.45, 7) is 0.822. The molecule has 1 heterocycles. The third kappa shape index (κ3) is 2.53. The Morgan fingerprint density at radius 1 is 1.39 bits per heavy atom. The maximum Gasteiger partial charge on any atom is 0.145 e. The van der Waals surface area contributed by atoms with Crippen molar-refractivity contribution in [1.82, 2.24) is 9.78 Å². The molecule has 0 aliphatic carbocycles. The van der Waals surface area contributed by atoms with Gasteiger partial charge in [0, 0.05) is 7.11 Å². The van der Waals surface area contributed by atoms with Crippen LogP contribution in [0.15, 0.2) is 30.3 Å². The van der Waals surface area contributed by atoms with E-state index in [9.17, 15) is 0 Å². The zero-order chi connectivity index (χ0) is 13.0. The Kier molecular flexibility index (Phi) is 3.98. The smallest absolute Gasteiger partial charge is 0.145 e. The number of ether oxygens (including phenoxy) is 1. The number of hydrogen-bond donors (Lipinski definition) is 0. The van der Waals surface area contributed by atoms with Gasteiger partial charge in [0.15, 0.2) is 0 Å². The lowest BCUT2D eigenvalue weighted by molar-refractivity contribution is 0.180. The summed E-state index contributed by atoms with van der Waals surface area (Å²) in [5.74, 6) is 0. The molecule has 0 fully saturated rings. The molecule has 2 rings (SSSR count). The number of aromatic nitrogens is 2. The molecule has 0 spiro atoms. The van der Waals surface area contributed by atoms with Crippen LogP contribution in [-0.4, -0.2) is 16.9 Å². The van der Waals surface area contributed by atoms with E-state index in [4.69, 9.17) is 21.6 Å². The summed E-state index contributed by atoms with van der Waals surface area (Å²) >= 11 is 6.14. The summed E-state index contributed by atoms with van der Waals surface area (Å²) in [4.78, 5) is 0. The highest BCUT2D eigenvalue weighted by Crippen LogP contribution is 2.20. The highest BCUT2D eigenvalue weighted by atomic mass is 35.5. The first kappa shape index (κ1) is 12.6. The Hall–Kier alpha value is -1.83. The molecule has 0 bridgehead atoms. The summed E-state index contributed by atoms with van der Waals surface area (Å²) in [5.41, 5.74) is 2.03. The van der Waals surface area contributed by atoms with E-state index in [1.165, 1.54) is 0 Å². The highest BCUT2D eigenvalue weighted by Gasteiger charge is 2.15. The first-order valence-corrected chi connectivity index (χ1v) is 5.82. The third-order valence-corrected chi connectivity index (χ3v) is 2.92. The van der Waals surface area contributed by atoms with Crippen molar-refractivity contribution in [2.75, 3.05) is 7.11 Å².